The molecule has 3 N–H and O–H groups in total. The number of nitrogen functional groups attached to an aromatic ring is 1. The number of carbonyl (C=O) groups excluding carboxylic acids is 1. The summed E-state index contributed by atoms with van der Waals surface area (Å²) in [7, 11) is 1.50. The number of nitrogens with two attached hydrogens (primary N) is 1. The van der Waals surface area contributed by atoms with Crippen LogP contribution in [0.1, 0.15) is 15.9 Å². The van der Waals surface area contributed by atoms with Gasteiger partial charge in [-0.2, -0.15) is 0 Å². The summed E-state index contributed by atoms with van der Waals surface area (Å²) >= 11 is 0. The molecule has 0 saturated carbocycles. The molecule has 104 valence electrons. The fourth-order valence-corrected chi connectivity index (χ4v) is 1.79. The Labute approximate surface area is 116 Å². The zero-order chi connectivity index (χ0) is 14.7. The van der Waals surface area contributed by atoms with E-state index in [4.69, 9.17) is 10.5 Å². The molecule has 2 aromatic carbocycles. The fourth-order valence-electron chi connectivity index (χ4n) is 1.79. The van der Waals surface area contributed by atoms with Crippen molar-refractivity contribution in [2.75, 3.05) is 18.2 Å². The zero-order valence-electron chi connectivity index (χ0n) is 11.2. The third-order valence-corrected chi connectivity index (χ3v) is 3.02. The van der Waals surface area contributed by atoms with Gasteiger partial charge in [-0.1, -0.05) is 6.07 Å². The van der Waals surface area contributed by atoms with Gasteiger partial charge in [0.25, 0.3) is 5.91 Å². The van der Waals surface area contributed by atoms with Crippen LogP contribution in [-0.4, -0.2) is 13.0 Å². The third-order valence-electron chi connectivity index (χ3n) is 3.02. The van der Waals surface area contributed by atoms with E-state index in [0.29, 0.717) is 22.7 Å². The van der Waals surface area contributed by atoms with Crippen LogP contribution in [0, 0.1) is 12.7 Å². The average molecular weight is 274 g/mol. The summed E-state index contributed by atoms with van der Waals surface area (Å²) in [4.78, 5) is 12.2. The summed E-state index contributed by atoms with van der Waals surface area (Å²) in [5.74, 6) is -0.253. The molecular formula is C15H15FN2O2. The number of rotatable bonds is 3. The summed E-state index contributed by atoms with van der Waals surface area (Å²) in [5, 5.41) is 2.64. The molecule has 0 aliphatic carbocycles. The Bertz CT molecular complexity index is 656. The van der Waals surface area contributed by atoms with E-state index in [2.05, 4.69) is 5.32 Å². The second-order valence-corrected chi connectivity index (χ2v) is 4.32. The van der Waals surface area contributed by atoms with Gasteiger partial charge in [-0.3, -0.25) is 4.79 Å². The quantitative estimate of drug-likeness (QED) is 0.846. The topological polar surface area (TPSA) is 64.3 Å². The lowest BCUT2D eigenvalue weighted by Gasteiger charge is -2.11. The number of methoxy groups -OCH3 is 1. The number of anilines is 2. The van der Waals surface area contributed by atoms with E-state index < -0.39 is 5.91 Å². The predicted octanol–water partition coefficient (Wildman–Crippen LogP) is 2.98. The molecule has 20 heavy (non-hydrogen) atoms. The van der Waals surface area contributed by atoms with Crippen LogP contribution in [0.5, 0.6) is 5.75 Å². The summed E-state index contributed by atoms with van der Waals surface area (Å²) in [6.07, 6.45) is 0. The SMILES string of the molecule is COc1ccc(N)c(C(=O)Nc2cccc(F)c2C)c1. The fraction of sp³-hybridized carbons (Fsp3) is 0.133. The lowest BCUT2D eigenvalue weighted by molar-refractivity contribution is 0.102. The molecular weight excluding hydrogens is 259 g/mol. The van der Waals surface area contributed by atoms with E-state index in [1.807, 2.05) is 0 Å². The molecule has 0 radical (unpaired) electrons. The number of benzene rings is 2. The molecule has 0 fully saturated rings. The normalized spacial score (nSPS) is 10.2. The number of halogens is 1. The Balaban J connectivity index is 2.30. The van der Waals surface area contributed by atoms with Gasteiger partial charge in [0.2, 0.25) is 0 Å². The molecule has 0 spiro atoms. The van der Waals surface area contributed by atoms with Gasteiger partial charge in [0.1, 0.15) is 11.6 Å². The molecule has 0 aromatic heterocycles. The van der Waals surface area contributed by atoms with Gasteiger partial charge >= 0.3 is 0 Å². The molecule has 0 heterocycles. The maximum atomic E-state index is 13.4. The second kappa shape index (κ2) is 5.61. The molecule has 2 rings (SSSR count). The van der Waals surface area contributed by atoms with Gasteiger partial charge in [-0.05, 0) is 37.3 Å². The van der Waals surface area contributed by atoms with Gasteiger partial charge < -0.3 is 15.8 Å². The maximum absolute atomic E-state index is 13.4. The first-order valence-corrected chi connectivity index (χ1v) is 6.03. The monoisotopic (exact) mass is 274 g/mol. The molecule has 0 aliphatic rings. The highest BCUT2D eigenvalue weighted by atomic mass is 19.1. The molecule has 0 bridgehead atoms. The van der Waals surface area contributed by atoms with Crippen LogP contribution < -0.4 is 15.8 Å². The molecule has 0 saturated heterocycles. The second-order valence-electron chi connectivity index (χ2n) is 4.32. The van der Waals surface area contributed by atoms with Crippen molar-refractivity contribution in [3.8, 4) is 5.75 Å². The predicted molar refractivity (Wildman–Crippen MR) is 76.5 cm³/mol. The first-order valence-electron chi connectivity index (χ1n) is 6.03. The van der Waals surface area contributed by atoms with Gasteiger partial charge in [0.15, 0.2) is 0 Å². The number of hydrogen-bond acceptors (Lipinski definition) is 3. The molecule has 5 heteroatoms. The van der Waals surface area contributed by atoms with Crippen molar-refractivity contribution in [3.05, 3.63) is 53.3 Å². The van der Waals surface area contributed by atoms with Crippen LogP contribution in [0.2, 0.25) is 0 Å². The number of nitrogens with one attached hydrogen (secondary N) is 1. The van der Waals surface area contributed by atoms with Crippen molar-refractivity contribution < 1.29 is 13.9 Å². The Morgan fingerprint density at radius 3 is 2.75 bits per heavy atom. The van der Waals surface area contributed by atoms with E-state index in [0.717, 1.165) is 0 Å². The maximum Gasteiger partial charge on any atom is 0.257 e. The highest BCUT2D eigenvalue weighted by Crippen LogP contribution is 2.22. The first-order chi connectivity index (χ1) is 9.52. The van der Waals surface area contributed by atoms with Gasteiger partial charge in [0.05, 0.1) is 12.7 Å². The standard InChI is InChI=1S/C15H15FN2O2/c1-9-12(16)4-3-5-14(9)18-15(19)11-8-10(20-2)6-7-13(11)17/h3-8H,17H2,1-2H3,(H,18,19). The summed E-state index contributed by atoms with van der Waals surface area (Å²) in [6.45, 7) is 1.60. The van der Waals surface area contributed by atoms with Crippen molar-refractivity contribution in [2.24, 2.45) is 0 Å². The van der Waals surface area contributed by atoms with Crippen molar-refractivity contribution in [1.82, 2.24) is 0 Å². The van der Waals surface area contributed by atoms with Gasteiger partial charge in [-0.15, -0.1) is 0 Å². The molecule has 2 aromatic rings. The van der Waals surface area contributed by atoms with E-state index in [-0.39, 0.29) is 11.4 Å². The Hall–Kier alpha value is -2.56. The Morgan fingerprint density at radius 2 is 2.05 bits per heavy atom. The molecule has 0 aliphatic heterocycles. The molecule has 4 nitrogen and oxygen atoms in total. The van der Waals surface area contributed by atoms with E-state index in [1.165, 1.54) is 19.2 Å². The van der Waals surface area contributed by atoms with Crippen LogP contribution >= 0.6 is 0 Å². The van der Waals surface area contributed by atoms with Crippen molar-refractivity contribution in [2.45, 2.75) is 6.92 Å². The van der Waals surface area contributed by atoms with Crippen LogP contribution in [0.15, 0.2) is 36.4 Å². The van der Waals surface area contributed by atoms with Crippen molar-refractivity contribution in [3.63, 3.8) is 0 Å². The largest absolute Gasteiger partial charge is 0.497 e. The number of hydrogen-bond donors (Lipinski definition) is 2. The minimum absolute atomic E-state index is 0.285. The third kappa shape index (κ3) is 2.71. The first kappa shape index (κ1) is 13.9. The van der Waals surface area contributed by atoms with E-state index in [9.17, 15) is 9.18 Å². The lowest BCUT2D eigenvalue weighted by atomic mass is 10.1. The highest BCUT2D eigenvalue weighted by molar-refractivity contribution is 6.08. The summed E-state index contributed by atoms with van der Waals surface area (Å²) in [5.41, 5.74) is 7.18. The van der Waals surface area contributed by atoms with Crippen LogP contribution in [0.4, 0.5) is 15.8 Å². The molecule has 0 atom stereocenters. The smallest absolute Gasteiger partial charge is 0.257 e. The van der Waals surface area contributed by atoms with Gasteiger partial charge in [-0.25, -0.2) is 4.39 Å². The van der Waals surface area contributed by atoms with Crippen LogP contribution in [-0.2, 0) is 0 Å². The average Bonchev–Trinajstić information content (AvgIpc) is 2.44. The van der Waals surface area contributed by atoms with Gasteiger partial charge in [0, 0.05) is 16.9 Å². The van der Waals surface area contributed by atoms with E-state index in [1.54, 1.807) is 31.2 Å². The molecule has 1 amide bonds. The minimum Gasteiger partial charge on any atom is -0.497 e. The van der Waals surface area contributed by atoms with Crippen LogP contribution in [0.25, 0.3) is 0 Å². The zero-order valence-corrected chi connectivity index (χ0v) is 11.2. The van der Waals surface area contributed by atoms with Crippen molar-refractivity contribution >= 4 is 17.3 Å². The van der Waals surface area contributed by atoms with Crippen LogP contribution in [0.3, 0.4) is 0 Å². The Morgan fingerprint density at radius 1 is 1.30 bits per heavy atom. The van der Waals surface area contributed by atoms with Crippen molar-refractivity contribution in [1.29, 1.82) is 0 Å². The highest BCUT2D eigenvalue weighted by Gasteiger charge is 2.13. The molecule has 0 unspecified atom stereocenters. The summed E-state index contributed by atoms with van der Waals surface area (Å²) < 4.78 is 18.5. The number of carbonyl (C=O) groups is 1. The van der Waals surface area contributed by atoms with E-state index >= 15 is 0 Å². The number of amides is 1. The summed E-state index contributed by atoms with van der Waals surface area (Å²) in [6, 6.07) is 9.30. The minimum atomic E-state index is -0.407. The Kier molecular flexibility index (Phi) is 3.89. The number of ether oxygens (including phenoxy) is 1. The lowest BCUT2D eigenvalue weighted by Crippen LogP contribution is -2.15.